The molecule has 0 spiro atoms. The Morgan fingerprint density at radius 3 is 2.59 bits per heavy atom. The molecule has 0 saturated heterocycles. The van der Waals surface area contributed by atoms with Gasteiger partial charge in [-0.2, -0.15) is 0 Å². The zero-order chi connectivity index (χ0) is 15.8. The Kier molecular flexibility index (Phi) is 6.33. The molecule has 0 bridgehead atoms. The summed E-state index contributed by atoms with van der Waals surface area (Å²) in [5.74, 6) is 0. The van der Waals surface area contributed by atoms with Gasteiger partial charge >= 0.3 is 6.03 Å². The molecular weight excluding hydrogens is 296 g/mol. The molecule has 6 heteroatoms. The van der Waals surface area contributed by atoms with Crippen LogP contribution in [0.5, 0.6) is 0 Å². The monoisotopic (exact) mass is 318 g/mol. The number of hydrogen-bond donors (Lipinski definition) is 2. The molecule has 22 heavy (non-hydrogen) atoms. The average molecular weight is 318 g/mol. The van der Waals surface area contributed by atoms with E-state index in [0.717, 1.165) is 29.1 Å². The third kappa shape index (κ3) is 5.44. The fraction of sp³-hybridized carbons (Fsp3) is 0.438. The van der Waals surface area contributed by atoms with Crippen LogP contribution in [0.25, 0.3) is 0 Å². The lowest BCUT2D eigenvalue weighted by atomic mass is 10.2. The summed E-state index contributed by atoms with van der Waals surface area (Å²) in [4.78, 5) is 11.9. The Labute approximate surface area is 135 Å². The van der Waals surface area contributed by atoms with E-state index in [1.54, 1.807) is 0 Å². The second-order valence-electron chi connectivity index (χ2n) is 5.26. The van der Waals surface area contributed by atoms with Crippen molar-refractivity contribution in [3.63, 3.8) is 0 Å². The van der Waals surface area contributed by atoms with Gasteiger partial charge < -0.3 is 5.32 Å². The van der Waals surface area contributed by atoms with Gasteiger partial charge in [0, 0.05) is 12.1 Å². The lowest BCUT2D eigenvalue weighted by Crippen LogP contribution is -2.19. The number of carbonyl (C=O) groups is 1. The van der Waals surface area contributed by atoms with Crippen molar-refractivity contribution in [2.45, 2.75) is 46.0 Å². The number of carbonyl (C=O) groups excluding carboxylic acids is 1. The lowest BCUT2D eigenvalue weighted by molar-refractivity contribution is 0.262. The van der Waals surface area contributed by atoms with Gasteiger partial charge in [0.05, 0.1) is 0 Å². The maximum absolute atomic E-state index is 11.9. The van der Waals surface area contributed by atoms with E-state index >= 15 is 0 Å². The molecule has 0 saturated carbocycles. The van der Waals surface area contributed by atoms with Crippen LogP contribution in [-0.4, -0.2) is 16.2 Å². The fourth-order valence-electron chi connectivity index (χ4n) is 2.00. The highest BCUT2D eigenvalue weighted by atomic mass is 32.1. The first-order chi connectivity index (χ1) is 10.7. The SMILES string of the molecule is CCCCCCc1nnc(NC(=O)Nc2ccc(C)cc2)s1. The zero-order valence-corrected chi connectivity index (χ0v) is 13.9. The van der Waals surface area contributed by atoms with Crippen LogP contribution in [0.3, 0.4) is 0 Å². The van der Waals surface area contributed by atoms with E-state index in [1.165, 1.54) is 30.6 Å². The van der Waals surface area contributed by atoms with Crippen molar-refractivity contribution in [2.75, 3.05) is 10.6 Å². The molecule has 118 valence electrons. The molecule has 0 unspecified atom stereocenters. The van der Waals surface area contributed by atoms with Gasteiger partial charge in [0.25, 0.3) is 0 Å². The fourth-order valence-corrected chi connectivity index (χ4v) is 2.78. The Morgan fingerprint density at radius 1 is 1.09 bits per heavy atom. The van der Waals surface area contributed by atoms with E-state index in [4.69, 9.17) is 0 Å². The number of rotatable bonds is 7. The van der Waals surface area contributed by atoms with Gasteiger partial charge in [-0.25, -0.2) is 4.79 Å². The van der Waals surface area contributed by atoms with Crippen LogP contribution in [0.2, 0.25) is 0 Å². The molecule has 2 amide bonds. The van der Waals surface area contributed by atoms with E-state index in [2.05, 4.69) is 27.8 Å². The number of urea groups is 1. The third-order valence-corrected chi connectivity index (χ3v) is 4.14. The van der Waals surface area contributed by atoms with Crippen molar-refractivity contribution in [1.29, 1.82) is 0 Å². The quantitative estimate of drug-likeness (QED) is 0.732. The van der Waals surface area contributed by atoms with Gasteiger partial charge in [-0.05, 0) is 25.5 Å². The standard InChI is InChI=1S/C16H22N4OS/c1-3-4-5-6-7-14-19-20-16(22-14)18-15(21)17-13-10-8-12(2)9-11-13/h8-11H,3-7H2,1-2H3,(H2,17,18,20,21). The molecule has 2 aromatic rings. The van der Waals surface area contributed by atoms with Crippen molar-refractivity contribution >= 4 is 28.2 Å². The Hall–Kier alpha value is -1.95. The average Bonchev–Trinajstić information content (AvgIpc) is 2.93. The number of aromatic nitrogens is 2. The second-order valence-corrected chi connectivity index (χ2v) is 6.32. The topological polar surface area (TPSA) is 66.9 Å². The first-order valence-electron chi connectivity index (χ1n) is 7.64. The van der Waals surface area contributed by atoms with E-state index in [9.17, 15) is 4.79 Å². The Morgan fingerprint density at radius 2 is 1.86 bits per heavy atom. The molecule has 0 aliphatic carbocycles. The predicted molar refractivity (Wildman–Crippen MR) is 91.6 cm³/mol. The molecule has 1 aromatic carbocycles. The molecule has 0 fully saturated rings. The number of anilines is 2. The van der Waals surface area contributed by atoms with Gasteiger partial charge in [0.1, 0.15) is 5.01 Å². The number of amides is 2. The molecule has 5 nitrogen and oxygen atoms in total. The number of aryl methyl sites for hydroxylation is 2. The van der Waals surface area contributed by atoms with E-state index in [-0.39, 0.29) is 6.03 Å². The number of hydrogen-bond acceptors (Lipinski definition) is 4. The summed E-state index contributed by atoms with van der Waals surface area (Å²) in [6, 6.07) is 7.35. The lowest BCUT2D eigenvalue weighted by Gasteiger charge is -2.04. The smallest absolute Gasteiger partial charge is 0.308 e. The van der Waals surface area contributed by atoms with Gasteiger partial charge in [-0.3, -0.25) is 5.32 Å². The highest BCUT2D eigenvalue weighted by molar-refractivity contribution is 7.15. The first-order valence-corrected chi connectivity index (χ1v) is 8.46. The molecule has 1 aromatic heterocycles. The van der Waals surface area contributed by atoms with Crippen molar-refractivity contribution < 1.29 is 4.79 Å². The van der Waals surface area contributed by atoms with Gasteiger partial charge in [-0.15, -0.1) is 10.2 Å². The predicted octanol–water partition coefficient (Wildman–Crippen LogP) is 4.61. The summed E-state index contributed by atoms with van der Waals surface area (Å²) in [5.41, 5.74) is 1.91. The summed E-state index contributed by atoms with van der Waals surface area (Å²) in [6.45, 7) is 4.20. The van der Waals surface area contributed by atoms with Crippen molar-refractivity contribution in [3.8, 4) is 0 Å². The molecule has 0 atom stereocenters. The Balaban J connectivity index is 1.79. The highest BCUT2D eigenvalue weighted by Crippen LogP contribution is 2.18. The van der Waals surface area contributed by atoms with Gasteiger partial charge in [0.15, 0.2) is 0 Å². The summed E-state index contributed by atoms with van der Waals surface area (Å²) < 4.78 is 0. The number of benzene rings is 1. The Bertz CT molecular complexity index is 594. The van der Waals surface area contributed by atoms with E-state index < -0.39 is 0 Å². The van der Waals surface area contributed by atoms with Crippen molar-refractivity contribution in [1.82, 2.24) is 10.2 Å². The summed E-state index contributed by atoms with van der Waals surface area (Å²) in [7, 11) is 0. The summed E-state index contributed by atoms with van der Waals surface area (Å²) in [6.07, 6.45) is 5.74. The van der Waals surface area contributed by atoms with Crippen LogP contribution < -0.4 is 10.6 Å². The molecule has 2 N–H and O–H groups in total. The third-order valence-electron chi connectivity index (χ3n) is 3.24. The van der Waals surface area contributed by atoms with Gasteiger partial charge in [-0.1, -0.05) is 55.2 Å². The number of unbranched alkanes of at least 4 members (excludes halogenated alkanes) is 3. The summed E-state index contributed by atoms with van der Waals surface area (Å²) >= 11 is 1.44. The van der Waals surface area contributed by atoms with Crippen LogP contribution in [0, 0.1) is 6.92 Å². The molecule has 0 radical (unpaired) electrons. The maximum Gasteiger partial charge on any atom is 0.325 e. The molecule has 0 aliphatic rings. The van der Waals surface area contributed by atoms with Crippen LogP contribution in [-0.2, 0) is 6.42 Å². The maximum atomic E-state index is 11.9. The molecule has 1 heterocycles. The number of nitrogens with one attached hydrogen (secondary N) is 2. The first kappa shape index (κ1) is 16.4. The van der Waals surface area contributed by atoms with Crippen LogP contribution >= 0.6 is 11.3 Å². The highest BCUT2D eigenvalue weighted by Gasteiger charge is 2.08. The van der Waals surface area contributed by atoms with Crippen molar-refractivity contribution in [3.05, 3.63) is 34.8 Å². The minimum atomic E-state index is -0.294. The minimum Gasteiger partial charge on any atom is -0.308 e. The minimum absolute atomic E-state index is 0.294. The van der Waals surface area contributed by atoms with E-state index in [1.807, 2.05) is 31.2 Å². The zero-order valence-electron chi connectivity index (χ0n) is 13.1. The molecular formula is C16H22N4OS. The normalized spacial score (nSPS) is 10.5. The second kappa shape index (κ2) is 8.48. The van der Waals surface area contributed by atoms with Gasteiger partial charge in [0.2, 0.25) is 5.13 Å². The molecule has 2 rings (SSSR count). The largest absolute Gasteiger partial charge is 0.325 e. The number of nitrogens with zero attached hydrogens (tertiary/aromatic N) is 2. The van der Waals surface area contributed by atoms with Crippen LogP contribution in [0.4, 0.5) is 15.6 Å². The summed E-state index contributed by atoms with van der Waals surface area (Å²) in [5, 5.41) is 15.1. The molecule has 0 aliphatic heterocycles. The van der Waals surface area contributed by atoms with Crippen molar-refractivity contribution in [2.24, 2.45) is 0 Å². The van der Waals surface area contributed by atoms with Crippen LogP contribution in [0.15, 0.2) is 24.3 Å². The van der Waals surface area contributed by atoms with E-state index in [0.29, 0.717) is 5.13 Å². The van der Waals surface area contributed by atoms with Crippen LogP contribution in [0.1, 0.15) is 43.2 Å².